The first-order valence-electron chi connectivity index (χ1n) is 9.81. The van der Waals surface area contributed by atoms with Crippen LogP contribution in [0, 0.1) is 34.5 Å². The standard InChI is InChI=1S/C20H33F2NO2/c1-19(7-5-13(25)9-12(19)11-24)16-6-8-20(2)15(14(16)10-23)3-4-17(20)18(21)22/h12-16,24-25H,3-11,23H2,1-2H3/t12-,13+,14+,15?,16?,19+,20+/m1/s1. The summed E-state index contributed by atoms with van der Waals surface area (Å²) in [6, 6.07) is 0. The molecule has 4 N–H and O–H groups in total. The van der Waals surface area contributed by atoms with E-state index in [0.717, 1.165) is 32.1 Å². The van der Waals surface area contributed by atoms with Gasteiger partial charge in [0.05, 0.1) is 6.10 Å². The maximum atomic E-state index is 13.5. The highest BCUT2D eigenvalue weighted by Gasteiger charge is 2.57. The third-order valence-corrected chi connectivity index (χ3v) is 8.29. The van der Waals surface area contributed by atoms with Crippen LogP contribution in [0.25, 0.3) is 0 Å². The van der Waals surface area contributed by atoms with Crippen molar-refractivity contribution < 1.29 is 19.0 Å². The van der Waals surface area contributed by atoms with Crippen LogP contribution in [0.2, 0.25) is 0 Å². The summed E-state index contributed by atoms with van der Waals surface area (Å²) in [4.78, 5) is 0. The molecule has 3 aliphatic rings. The van der Waals surface area contributed by atoms with Gasteiger partial charge in [-0.3, -0.25) is 0 Å². The van der Waals surface area contributed by atoms with Crippen LogP contribution in [0.15, 0.2) is 11.7 Å². The smallest absolute Gasteiger partial charge is 0.270 e. The van der Waals surface area contributed by atoms with E-state index in [0.29, 0.717) is 30.9 Å². The van der Waals surface area contributed by atoms with Gasteiger partial charge in [-0.15, -0.1) is 0 Å². The molecule has 3 aliphatic carbocycles. The summed E-state index contributed by atoms with van der Waals surface area (Å²) in [6.07, 6.45) is 3.40. The van der Waals surface area contributed by atoms with E-state index in [1.165, 1.54) is 0 Å². The molecule has 0 spiro atoms. The van der Waals surface area contributed by atoms with Crippen LogP contribution in [0.4, 0.5) is 8.78 Å². The lowest BCUT2D eigenvalue weighted by Gasteiger charge is -2.56. The number of hydrogen-bond donors (Lipinski definition) is 3. The molecule has 0 amide bonds. The summed E-state index contributed by atoms with van der Waals surface area (Å²) >= 11 is 0. The van der Waals surface area contributed by atoms with Gasteiger partial charge in [0.15, 0.2) is 0 Å². The van der Waals surface area contributed by atoms with Gasteiger partial charge < -0.3 is 15.9 Å². The fourth-order valence-corrected chi connectivity index (χ4v) is 6.73. The average Bonchev–Trinajstić information content (AvgIpc) is 2.93. The fraction of sp³-hybridized carbons (Fsp3) is 0.900. The van der Waals surface area contributed by atoms with Crippen molar-refractivity contribution in [3.05, 3.63) is 11.7 Å². The first kappa shape index (κ1) is 19.2. The van der Waals surface area contributed by atoms with E-state index >= 15 is 0 Å². The Morgan fingerprint density at radius 3 is 2.48 bits per heavy atom. The fourth-order valence-electron chi connectivity index (χ4n) is 6.73. The molecule has 0 aromatic carbocycles. The topological polar surface area (TPSA) is 66.5 Å². The molecule has 0 bridgehead atoms. The van der Waals surface area contributed by atoms with Gasteiger partial charge >= 0.3 is 0 Å². The molecule has 2 unspecified atom stereocenters. The summed E-state index contributed by atoms with van der Waals surface area (Å²) in [5.74, 6) is 0.817. The van der Waals surface area contributed by atoms with E-state index in [9.17, 15) is 19.0 Å². The zero-order valence-electron chi connectivity index (χ0n) is 15.5. The summed E-state index contributed by atoms with van der Waals surface area (Å²) in [5, 5.41) is 20.0. The number of rotatable bonds is 3. The van der Waals surface area contributed by atoms with Crippen LogP contribution in [0.1, 0.15) is 58.8 Å². The van der Waals surface area contributed by atoms with Crippen molar-refractivity contribution in [2.75, 3.05) is 13.2 Å². The van der Waals surface area contributed by atoms with Crippen molar-refractivity contribution >= 4 is 0 Å². The highest BCUT2D eigenvalue weighted by atomic mass is 19.3. The van der Waals surface area contributed by atoms with Gasteiger partial charge in [-0.25, -0.2) is 0 Å². The molecule has 0 aromatic heterocycles. The van der Waals surface area contributed by atoms with Crippen molar-refractivity contribution in [1.82, 2.24) is 0 Å². The molecule has 0 saturated heterocycles. The third kappa shape index (κ3) is 2.96. The number of aliphatic hydroxyl groups is 2. The first-order chi connectivity index (χ1) is 11.8. The van der Waals surface area contributed by atoms with Crippen LogP contribution in [0.5, 0.6) is 0 Å². The lowest BCUT2D eigenvalue weighted by molar-refractivity contribution is -0.0920. The average molecular weight is 357 g/mol. The summed E-state index contributed by atoms with van der Waals surface area (Å²) in [7, 11) is 0. The van der Waals surface area contributed by atoms with Crippen molar-refractivity contribution in [2.24, 2.45) is 40.2 Å². The second-order valence-corrected chi connectivity index (χ2v) is 9.16. The van der Waals surface area contributed by atoms with Crippen LogP contribution >= 0.6 is 0 Å². The van der Waals surface area contributed by atoms with Crippen molar-refractivity contribution in [1.29, 1.82) is 0 Å². The highest BCUT2D eigenvalue weighted by Crippen LogP contribution is 2.64. The predicted octanol–water partition coefficient (Wildman–Crippen LogP) is 3.70. The van der Waals surface area contributed by atoms with Crippen LogP contribution in [-0.2, 0) is 0 Å². The Balaban J connectivity index is 1.91. The SMILES string of the molecule is C[C@]12CCC([C@@]3(C)CC[C@H](O)C[C@@H]3CO)[C@@H](CN)C1CCC2=C(F)F. The Morgan fingerprint density at radius 2 is 1.88 bits per heavy atom. The summed E-state index contributed by atoms with van der Waals surface area (Å²) in [6.45, 7) is 4.83. The van der Waals surface area contributed by atoms with E-state index in [1.54, 1.807) is 0 Å². The Morgan fingerprint density at radius 1 is 1.16 bits per heavy atom. The van der Waals surface area contributed by atoms with E-state index in [2.05, 4.69) is 6.92 Å². The number of halogens is 2. The molecule has 0 heterocycles. The Kier molecular flexibility index (Phi) is 5.31. The van der Waals surface area contributed by atoms with Gasteiger partial charge in [0.2, 0.25) is 0 Å². The van der Waals surface area contributed by atoms with Gasteiger partial charge in [-0.1, -0.05) is 13.8 Å². The van der Waals surface area contributed by atoms with Crippen LogP contribution in [0.3, 0.4) is 0 Å². The number of aliphatic hydroxyl groups excluding tert-OH is 2. The molecular weight excluding hydrogens is 324 g/mol. The molecule has 0 aromatic rings. The Hall–Kier alpha value is -0.520. The van der Waals surface area contributed by atoms with Crippen LogP contribution in [-0.4, -0.2) is 29.5 Å². The molecule has 0 aliphatic heterocycles. The Labute approximate surface area is 149 Å². The third-order valence-electron chi connectivity index (χ3n) is 8.29. The summed E-state index contributed by atoms with van der Waals surface area (Å²) in [5.41, 5.74) is 6.07. The van der Waals surface area contributed by atoms with Gasteiger partial charge in [0.1, 0.15) is 0 Å². The minimum absolute atomic E-state index is 0.0639. The predicted molar refractivity (Wildman–Crippen MR) is 93.9 cm³/mol. The maximum Gasteiger partial charge on any atom is 0.270 e. The zero-order chi connectivity index (χ0) is 18.4. The lowest BCUT2D eigenvalue weighted by Crippen LogP contribution is -2.52. The van der Waals surface area contributed by atoms with Crippen molar-refractivity contribution in [3.63, 3.8) is 0 Å². The number of nitrogens with two attached hydrogens (primary N) is 1. The van der Waals surface area contributed by atoms with E-state index in [1.807, 2.05) is 6.92 Å². The first-order valence-corrected chi connectivity index (χ1v) is 9.81. The largest absolute Gasteiger partial charge is 0.396 e. The minimum Gasteiger partial charge on any atom is -0.396 e. The van der Waals surface area contributed by atoms with Gasteiger partial charge in [0.25, 0.3) is 6.08 Å². The Bertz CT molecular complexity index is 536. The molecular formula is C20H33F2NO2. The number of allylic oxidation sites excluding steroid dienone is 1. The molecule has 5 heteroatoms. The maximum absolute atomic E-state index is 13.5. The molecule has 3 rings (SSSR count). The van der Waals surface area contributed by atoms with Crippen LogP contribution < -0.4 is 5.73 Å². The van der Waals surface area contributed by atoms with Gasteiger partial charge in [0, 0.05) is 12.2 Å². The second-order valence-electron chi connectivity index (χ2n) is 9.16. The number of hydrogen-bond acceptors (Lipinski definition) is 3. The quantitative estimate of drug-likeness (QED) is 0.721. The molecule has 3 nitrogen and oxygen atoms in total. The van der Waals surface area contributed by atoms with Crippen molar-refractivity contribution in [3.8, 4) is 0 Å². The lowest BCUT2D eigenvalue weighted by atomic mass is 9.49. The highest BCUT2D eigenvalue weighted by molar-refractivity contribution is 5.24. The van der Waals surface area contributed by atoms with E-state index < -0.39 is 11.5 Å². The van der Waals surface area contributed by atoms with Gasteiger partial charge in [-0.2, -0.15) is 8.78 Å². The van der Waals surface area contributed by atoms with E-state index in [-0.39, 0.29) is 35.9 Å². The molecule has 144 valence electrons. The zero-order valence-corrected chi connectivity index (χ0v) is 15.5. The van der Waals surface area contributed by atoms with Gasteiger partial charge in [-0.05, 0) is 86.0 Å². The second kappa shape index (κ2) is 6.90. The number of fused-ring (bicyclic) bond motifs is 1. The monoisotopic (exact) mass is 357 g/mol. The molecule has 7 atom stereocenters. The minimum atomic E-state index is -1.49. The van der Waals surface area contributed by atoms with Crippen molar-refractivity contribution in [2.45, 2.75) is 64.9 Å². The normalized spacial score (nSPS) is 47.6. The molecule has 3 fully saturated rings. The molecule has 0 radical (unpaired) electrons. The van der Waals surface area contributed by atoms with E-state index in [4.69, 9.17) is 5.73 Å². The molecule has 25 heavy (non-hydrogen) atoms. The molecule has 3 saturated carbocycles. The summed E-state index contributed by atoms with van der Waals surface area (Å²) < 4.78 is 26.9.